The monoisotopic (exact) mass is 632 g/mol. The van der Waals surface area contributed by atoms with Gasteiger partial charge in [0.1, 0.15) is 0 Å². The first-order chi connectivity index (χ1) is 21.6. The zero-order valence-electron chi connectivity index (χ0n) is 26.8. The molecule has 244 valence electrons. The van der Waals surface area contributed by atoms with E-state index in [-0.39, 0.29) is 57.1 Å². The van der Waals surface area contributed by atoms with Crippen molar-refractivity contribution >= 4 is 12.5 Å². The summed E-state index contributed by atoms with van der Waals surface area (Å²) in [6.07, 6.45) is 3.25. The summed E-state index contributed by atoms with van der Waals surface area (Å²) in [5.41, 5.74) is -4.32. The normalized spacial score (nSPS) is 22.0. The number of rotatable bonds is 2. The molecule has 0 saturated carbocycles. The van der Waals surface area contributed by atoms with E-state index in [0.717, 1.165) is 0 Å². The first-order valence-corrected chi connectivity index (χ1v) is 15.7. The molecule has 0 aromatic heterocycles. The molecular weight excluding hydrogens is 592 g/mol. The summed E-state index contributed by atoms with van der Waals surface area (Å²) in [7, 11) is 0. The van der Waals surface area contributed by atoms with Gasteiger partial charge in [-0.25, -0.2) is 0 Å². The standard InChI is InChI=1S/C36H40O10/c1-13(2)17-9-7-15(5)21-23(17)25(19(11-37)29(39)31(21)41)27-33(43)35(45)28(36(46)34(27)44)26-20(12-38)30(40)32(42)22-16(6)8-10-18(14(3)4)24(22)26/h11-18,37-42H,7-10H2,1-6H3/t15-,16-,17+,18+/m0/s1. The van der Waals surface area contributed by atoms with Crippen LogP contribution in [0.15, 0.2) is 19.2 Å². The minimum absolute atomic E-state index is 0.0903. The second-order valence-corrected chi connectivity index (χ2v) is 13.6. The molecule has 0 bridgehead atoms. The van der Waals surface area contributed by atoms with Crippen LogP contribution in [0.4, 0.5) is 0 Å². The average molecular weight is 633 g/mol. The molecule has 3 aromatic carbocycles. The fourth-order valence-corrected chi connectivity index (χ4v) is 8.00. The summed E-state index contributed by atoms with van der Waals surface area (Å²) >= 11 is 0. The largest absolute Gasteiger partial charge is 0.515 e. The van der Waals surface area contributed by atoms with E-state index in [9.17, 15) is 49.8 Å². The summed E-state index contributed by atoms with van der Waals surface area (Å²) < 4.78 is 0. The minimum atomic E-state index is -1.37. The highest BCUT2D eigenvalue weighted by Crippen LogP contribution is 2.49. The molecule has 0 heterocycles. The average Bonchev–Trinajstić information content (AvgIpc) is 3.00. The van der Waals surface area contributed by atoms with E-state index >= 15 is 0 Å². The second-order valence-electron chi connectivity index (χ2n) is 13.6. The molecule has 10 heteroatoms. The van der Waals surface area contributed by atoms with E-state index in [1.807, 2.05) is 27.7 Å². The lowest BCUT2D eigenvalue weighted by Gasteiger charge is -2.33. The highest BCUT2D eigenvalue weighted by molar-refractivity contribution is 5.58. The zero-order chi connectivity index (χ0) is 34.1. The molecule has 2 aliphatic rings. The number of aromatic hydroxyl groups is 4. The Labute approximate surface area is 263 Å². The molecule has 2 aliphatic carbocycles. The van der Waals surface area contributed by atoms with Gasteiger partial charge in [-0.3, -0.25) is 19.2 Å². The van der Waals surface area contributed by atoms with Crippen LogP contribution in [0.2, 0.25) is 0 Å². The van der Waals surface area contributed by atoms with Crippen molar-refractivity contribution in [2.45, 2.75) is 90.9 Å². The van der Waals surface area contributed by atoms with Crippen LogP contribution in [0.25, 0.3) is 12.5 Å². The highest BCUT2D eigenvalue weighted by atomic mass is 16.3. The molecule has 10 nitrogen and oxygen atoms in total. The van der Waals surface area contributed by atoms with Gasteiger partial charge in [0.05, 0.1) is 33.4 Å². The van der Waals surface area contributed by atoms with E-state index in [1.165, 1.54) is 0 Å². The first kappa shape index (κ1) is 32.8. The van der Waals surface area contributed by atoms with Gasteiger partial charge < -0.3 is 30.6 Å². The molecule has 0 fully saturated rings. The molecule has 0 radical (unpaired) electrons. The quantitative estimate of drug-likeness (QED) is 0.181. The SMILES string of the molecule is CC(C)[C@H]1CC[C@H](C)c2c(O)c(O)c(=CO)c(=c3c(=O)c(=O)c(=c4c5c(c(O)c(O)c4=CO)[C@@H](C)CC[C@@H]5C(C)C)c(=O)c3=O)c21. The number of benzene rings is 3. The summed E-state index contributed by atoms with van der Waals surface area (Å²) in [5.74, 6) is -4.16. The molecule has 0 spiro atoms. The molecule has 0 saturated heterocycles. The van der Waals surface area contributed by atoms with Crippen LogP contribution in [-0.4, -0.2) is 30.6 Å². The van der Waals surface area contributed by atoms with Gasteiger partial charge in [0.25, 0.3) is 0 Å². The van der Waals surface area contributed by atoms with Crippen molar-refractivity contribution in [2.75, 3.05) is 0 Å². The van der Waals surface area contributed by atoms with Crippen molar-refractivity contribution in [2.24, 2.45) is 11.8 Å². The van der Waals surface area contributed by atoms with E-state index in [0.29, 0.717) is 49.3 Å². The topological polar surface area (TPSA) is 190 Å². The van der Waals surface area contributed by atoms with Gasteiger partial charge >= 0.3 is 0 Å². The molecule has 0 aliphatic heterocycles. The van der Waals surface area contributed by atoms with Crippen LogP contribution in [0.5, 0.6) is 23.0 Å². The van der Waals surface area contributed by atoms with E-state index in [2.05, 4.69) is 0 Å². The minimum Gasteiger partial charge on any atom is -0.515 e. The number of hydrogen-bond donors (Lipinski definition) is 6. The van der Waals surface area contributed by atoms with E-state index < -0.39 is 65.6 Å². The third kappa shape index (κ3) is 4.52. The number of hydrogen-bond acceptors (Lipinski definition) is 10. The Morgan fingerprint density at radius 1 is 0.500 bits per heavy atom. The number of phenols is 4. The number of phenolic OH excluding ortho intramolecular Hbond substituents is 4. The van der Waals surface area contributed by atoms with Crippen molar-refractivity contribution in [3.8, 4) is 23.0 Å². The fourth-order valence-electron chi connectivity index (χ4n) is 8.00. The molecule has 0 unspecified atom stereocenters. The Morgan fingerprint density at radius 3 is 1.07 bits per heavy atom. The third-order valence-corrected chi connectivity index (χ3v) is 10.4. The van der Waals surface area contributed by atoms with Crippen molar-refractivity contribution < 1.29 is 30.6 Å². The van der Waals surface area contributed by atoms with Crippen molar-refractivity contribution in [3.05, 3.63) is 94.5 Å². The molecule has 46 heavy (non-hydrogen) atoms. The predicted molar refractivity (Wildman–Crippen MR) is 173 cm³/mol. The summed E-state index contributed by atoms with van der Waals surface area (Å²) in [6, 6.07) is 0. The molecule has 5 rings (SSSR count). The Bertz CT molecular complexity index is 2100. The number of aliphatic hydroxyl groups excluding tert-OH is 2. The Morgan fingerprint density at radius 2 is 0.804 bits per heavy atom. The van der Waals surface area contributed by atoms with Crippen LogP contribution in [-0.2, 0) is 0 Å². The summed E-state index contributed by atoms with van der Waals surface area (Å²) in [6.45, 7) is 11.2. The van der Waals surface area contributed by atoms with Gasteiger partial charge in [-0.05, 0) is 72.3 Å². The van der Waals surface area contributed by atoms with Crippen molar-refractivity contribution in [3.63, 3.8) is 0 Å². The van der Waals surface area contributed by atoms with Gasteiger partial charge in [0.2, 0.25) is 21.7 Å². The molecular formula is C36H40O10. The summed E-state index contributed by atoms with van der Waals surface area (Å²) in [5, 5.41) is 61.4. The maximum Gasteiger partial charge on any atom is 0.238 e. The second kappa shape index (κ2) is 11.6. The van der Waals surface area contributed by atoms with E-state index in [4.69, 9.17) is 0 Å². The lowest BCUT2D eigenvalue weighted by atomic mass is 9.71. The molecule has 3 aromatic rings. The lowest BCUT2D eigenvalue weighted by Crippen LogP contribution is -2.44. The van der Waals surface area contributed by atoms with Gasteiger partial charge in [0.15, 0.2) is 23.0 Å². The highest BCUT2D eigenvalue weighted by Gasteiger charge is 2.35. The Kier molecular flexibility index (Phi) is 8.30. The van der Waals surface area contributed by atoms with Crippen LogP contribution < -0.4 is 32.2 Å². The Balaban J connectivity index is 2.26. The van der Waals surface area contributed by atoms with Gasteiger partial charge in [-0.1, -0.05) is 41.5 Å². The predicted octanol–water partition coefficient (Wildman–Crippen LogP) is 3.27. The number of fused-ring (bicyclic) bond motifs is 2. The van der Waals surface area contributed by atoms with Crippen LogP contribution in [0.3, 0.4) is 0 Å². The van der Waals surface area contributed by atoms with Crippen LogP contribution in [0.1, 0.15) is 113 Å². The van der Waals surface area contributed by atoms with Gasteiger partial charge in [-0.2, -0.15) is 0 Å². The molecule has 6 N–H and O–H groups in total. The maximum absolute atomic E-state index is 14.2. The first-order valence-electron chi connectivity index (χ1n) is 15.7. The van der Waals surface area contributed by atoms with Gasteiger partial charge in [-0.15, -0.1) is 0 Å². The Hall–Kier alpha value is -4.60. The lowest BCUT2D eigenvalue weighted by molar-refractivity contribution is 0.364. The van der Waals surface area contributed by atoms with Crippen molar-refractivity contribution in [1.82, 2.24) is 0 Å². The third-order valence-electron chi connectivity index (χ3n) is 10.4. The number of aliphatic hydroxyl groups is 2. The molecule has 0 amide bonds. The van der Waals surface area contributed by atoms with Gasteiger partial charge in [0, 0.05) is 21.6 Å². The zero-order valence-corrected chi connectivity index (χ0v) is 26.8. The summed E-state index contributed by atoms with van der Waals surface area (Å²) in [4.78, 5) is 56.7. The molecule has 4 atom stereocenters. The van der Waals surface area contributed by atoms with E-state index in [1.54, 1.807) is 13.8 Å². The van der Waals surface area contributed by atoms with Crippen LogP contribution in [0, 0.1) is 32.7 Å². The van der Waals surface area contributed by atoms with Crippen molar-refractivity contribution in [1.29, 1.82) is 0 Å². The van der Waals surface area contributed by atoms with Crippen LogP contribution >= 0.6 is 0 Å². The smallest absolute Gasteiger partial charge is 0.238 e. The fraction of sp³-hybridized carbons (Fsp3) is 0.444. The maximum atomic E-state index is 14.2.